The van der Waals surface area contributed by atoms with E-state index >= 15 is 0 Å². The number of rotatable bonds is 8. The molecule has 0 spiro atoms. The van der Waals surface area contributed by atoms with Crippen molar-refractivity contribution in [3.05, 3.63) is 57.8 Å². The lowest BCUT2D eigenvalue weighted by molar-refractivity contribution is 0.550. The van der Waals surface area contributed by atoms with E-state index < -0.39 is 0 Å². The summed E-state index contributed by atoms with van der Waals surface area (Å²) in [6, 6.07) is 13.4. The summed E-state index contributed by atoms with van der Waals surface area (Å²) in [5, 5.41) is 5.76. The summed E-state index contributed by atoms with van der Waals surface area (Å²) >= 11 is 1.87. The molecule has 0 aliphatic rings. The molecule has 20 heavy (non-hydrogen) atoms. The zero-order valence-corrected chi connectivity index (χ0v) is 13.4. The van der Waals surface area contributed by atoms with Gasteiger partial charge >= 0.3 is 0 Å². The van der Waals surface area contributed by atoms with Crippen LogP contribution < -0.4 is 5.32 Å². The topological polar surface area (TPSA) is 12.0 Å². The van der Waals surface area contributed by atoms with E-state index in [-0.39, 0.29) is 0 Å². The molecule has 0 bridgehead atoms. The molecule has 0 radical (unpaired) electrons. The van der Waals surface area contributed by atoms with Gasteiger partial charge in [-0.05, 0) is 55.7 Å². The zero-order chi connectivity index (χ0) is 14.2. The van der Waals surface area contributed by atoms with Crippen molar-refractivity contribution in [1.82, 2.24) is 5.32 Å². The molecule has 1 nitrogen and oxygen atoms in total. The molecule has 1 heterocycles. The third-order valence-electron chi connectivity index (χ3n) is 3.65. The maximum absolute atomic E-state index is 3.59. The van der Waals surface area contributed by atoms with Crippen LogP contribution in [0.25, 0.3) is 0 Å². The Balaban J connectivity index is 1.99. The molecule has 0 fully saturated rings. The minimum Gasteiger partial charge on any atom is -0.316 e. The van der Waals surface area contributed by atoms with Gasteiger partial charge in [0.1, 0.15) is 0 Å². The number of benzene rings is 1. The molecule has 2 rings (SSSR count). The van der Waals surface area contributed by atoms with E-state index in [0.29, 0.717) is 5.92 Å². The highest BCUT2D eigenvalue weighted by molar-refractivity contribution is 7.09. The molecule has 108 valence electrons. The highest BCUT2D eigenvalue weighted by Gasteiger charge is 2.12. The number of thiophene rings is 1. The first-order chi connectivity index (χ1) is 9.79. The largest absolute Gasteiger partial charge is 0.316 e. The highest BCUT2D eigenvalue weighted by atomic mass is 32.1. The van der Waals surface area contributed by atoms with Crippen molar-refractivity contribution in [2.75, 3.05) is 13.1 Å². The molecule has 2 aromatic rings. The van der Waals surface area contributed by atoms with Gasteiger partial charge in [0.2, 0.25) is 0 Å². The van der Waals surface area contributed by atoms with Crippen molar-refractivity contribution in [2.24, 2.45) is 0 Å². The third-order valence-corrected chi connectivity index (χ3v) is 4.59. The molecule has 0 saturated carbocycles. The molecule has 0 aliphatic heterocycles. The molecule has 1 N–H and O–H groups in total. The van der Waals surface area contributed by atoms with Crippen molar-refractivity contribution in [1.29, 1.82) is 0 Å². The minimum atomic E-state index is 0.614. The fraction of sp³-hybridized carbons (Fsp3) is 0.444. The van der Waals surface area contributed by atoms with Crippen LogP contribution >= 0.6 is 11.3 Å². The molecule has 2 heteroatoms. The normalized spacial score (nSPS) is 12.5. The summed E-state index contributed by atoms with van der Waals surface area (Å²) in [5.41, 5.74) is 2.84. The molecular formula is C18H25NS. The number of nitrogens with one attached hydrogen (secondary N) is 1. The van der Waals surface area contributed by atoms with Gasteiger partial charge in [-0.15, -0.1) is 11.3 Å². The Kier molecular flexibility index (Phi) is 6.28. The van der Waals surface area contributed by atoms with E-state index in [1.165, 1.54) is 35.3 Å². The molecule has 1 atom stereocenters. The number of hydrogen-bond acceptors (Lipinski definition) is 2. The lowest BCUT2D eigenvalue weighted by Gasteiger charge is -2.18. The first kappa shape index (κ1) is 15.3. The summed E-state index contributed by atoms with van der Waals surface area (Å²) in [5.74, 6) is 0.614. The van der Waals surface area contributed by atoms with Crippen LogP contribution in [-0.2, 0) is 6.42 Å². The summed E-state index contributed by atoms with van der Waals surface area (Å²) < 4.78 is 0. The van der Waals surface area contributed by atoms with Gasteiger partial charge < -0.3 is 5.32 Å². The Bertz CT molecular complexity index is 490. The van der Waals surface area contributed by atoms with Gasteiger partial charge in [-0.2, -0.15) is 0 Å². The van der Waals surface area contributed by atoms with E-state index in [1.807, 2.05) is 11.3 Å². The van der Waals surface area contributed by atoms with Gasteiger partial charge in [0.05, 0.1) is 0 Å². The molecule has 1 aromatic heterocycles. The van der Waals surface area contributed by atoms with Crippen molar-refractivity contribution in [3.8, 4) is 0 Å². The van der Waals surface area contributed by atoms with E-state index in [9.17, 15) is 0 Å². The van der Waals surface area contributed by atoms with Crippen molar-refractivity contribution in [2.45, 2.75) is 39.0 Å². The van der Waals surface area contributed by atoms with Gasteiger partial charge in [0, 0.05) is 11.4 Å². The van der Waals surface area contributed by atoms with E-state index in [1.54, 1.807) is 0 Å². The van der Waals surface area contributed by atoms with Crippen LogP contribution in [0.15, 0.2) is 41.8 Å². The van der Waals surface area contributed by atoms with Gasteiger partial charge in [0.25, 0.3) is 0 Å². The van der Waals surface area contributed by atoms with Gasteiger partial charge in [0.15, 0.2) is 0 Å². The quantitative estimate of drug-likeness (QED) is 0.689. The fourth-order valence-electron chi connectivity index (χ4n) is 2.54. The Morgan fingerprint density at radius 2 is 2.10 bits per heavy atom. The summed E-state index contributed by atoms with van der Waals surface area (Å²) in [6.07, 6.45) is 3.61. The standard InChI is InChI=1S/C18H25NS/c1-3-11-19-14-17(9-10-18-8-5-12-20-18)16-7-4-6-15(2)13-16/h4-8,12-13,17,19H,3,9-11,14H2,1-2H3. The molecule has 0 amide bonds. The first-order valence-electron chi connectivity index (χ1n) is 7.59. The SMILES string of the molecule is CCCNCC(CCc1cccs1)c1cccc(C)c1. The average Bonchev–Trinajstić information content (AvgIpc) is 2.96. The van der Waals surface area contributed by atoms with Crippen LogP contribution in [-0.4, -0.2) is 13.1 Å². The molecule has 1 aromatic carbocycles. The van der Waals surface area contributed by atoms with Gasteiger partial charge in [-0.1, -0.05) is 42.8 Å². The second-order valence-electron chi connectivity index (χ2n) is 5.43. The van der Waals surface area contributed by atoms with Crippen LogP contribution in [0.1, 0.15) is 41.7 Å². The lowest BCUT2D eigenvalue weighted by Crippen LogP contribution is -2.22. The molecule has 1 unspecified atom stereocenters. The molecule has 0 saturated heterocycles. The van der Waals surface area contributed by atoms with Crippen molar-refractivity contribution < 1.29 is 0 Å². The molecule has 0 aliphatic carbocycles. The Labute approximate surface area is 127 Å². The van der Waals surface area contributed by atoms with Gasteiger partial charge in [-0.25, -0.2) is 0 Å². The van der Waals surface area contributed by atoms with E-state index in [0.717, 1.165) is 13.1 Å². The smallest absolute Gasteiger partial charge is 0.00454 e. The number of hydrogen-bond donors (Lipinski definition) is 1. The van der Waals surface area contributed by atoms with Crippen molar-refractivity contribution in [3.63, 3.8) is 0 Å². The predicted molar refractivity (Wildman–Crippen MR) is 89.7 cm³/mol. The lowest BCUT2D eigenvalue weighted by atomic mass is 9.92. The van der Waals surface area contributed by atoms with Crippen LogP contribution in [0.4, 0.5) is 0 Å². The Hall–Kier alpha value is -1.12. The highest BCUT2D eigenvalue weighted by Crippen LogP contribution is 2.23. The Morgan fingerprint density at radius 3 is 2.80 bits per heavy atom. The zero-order valence-electron chi connectivity index (χ0n) is 12.6. The van der Waals surface area contributed by atoms with Crippen LogP contribution in [0, 0.1) is 6.92 Å². The minimum absolute atomic E-state index is 0.614. The predicted octanol–water partition coefficient (Wildman–Crippen LogP) is 4.77. The van der Waals surface area contributed by atoms with Crippen LogP contribution in [0.2, 0.25) is 0 Å². The monoisotopic (exact) mass is 287 g/mol. The summed E-state index contributed by atoms with van der Waals surface area (Å²) in [7, 11) is 0. The van der Waals surface area contributed by atoms with E-state index in [4.69, 9.17) is 0 Å². The second kappa shape index (κ2) is 8.23. The maximum atomic E-state index is 3.59. The third kappa shape index (κ3) is 4.77. The van der Waals surface area contributed by atoms with Gasteiger partial charge in [-0.3, -0.25) is 0 Å². The van der Waals surface area contributed by atoms with E-state index in [2.05, 4.69) is 60.9 Å². The first-order valence-corrected chi connectivity index (χ1v) is 8.47. The molecular weight excluding hydrogens is 262 g/mol. The summed E-state index contributed by atoms with van der Waals surface area (Å²) in [4.78, 5) is 1.50. The van der Waals surface area contributed by atoms with Crippen LogP contribution in [0.3, 0.4) is 0 Å². The Morgan fingerprint density at radius 1 is 1.20 bits per heavy atom. The number of aryl methyl sites for hydroxylation is 2. The van der Waals surface area contributed by atoms with Crippen molar-refractivity contribution >= 4 is 11.3 Å². The average molecular weight is 287 g/mol. The van der Waals surface area contributed by atoms with Crippen LogP contribution in [0.5, 0.6) is 0 Å². The fourth-order valence-corrected chi connectivity index (χ4v) is 3.26. The summed E-state index contributed by atoms with van der Waals surface area (Å²) in [6.45, 7) is 6.60. The maximum Gasteiger partial charge on any atom is 0.00454 e. The second-order valence-corrected chi connectivity index (χ2v) is 6.47.